The van der Waals surface area contributed by atoms with Crippen LogP contribution in [0.4, 0.5) is 19.0 Å². The summed E-state index contributed by atoms with van der Waals surface area (Å²) in [6, 6.07) is 5.62. The Balaban J connectivity index is 1.80. The number of nitrogens with zero attached hydrogens (tertiary/aromatic N) is 5. The SMILES string of the molecule is COC1(c2cc3c(N(C)Cc4cccc(C(F)F)c4F)ncnc3n(C)c2=O)CCCN(C(C)=O)CC1. The monoisotopic (exact) mass is 517 g/mol. The quantitative estimate of drug-likeness (QED) is 0.493. The number of hydrogen-bond acceptors (Lipinski definition) is 6. The molecule has 1 saturated heterocycles. The first-order chi connectivity index (χ1) is 17.6. The maximum Gasteiger partial charge on any atom is 0.266 e. The number of benzene rings is 1. The molecule has 0 aliphatic carbocycles. The second-order valence-electron chi connectivity index (χ2n) is 9.39. The molecule has 1 aliphatic rings. The van der Waals surface area contributed by atoms with Gasteiger partial charge in [0, 0.05) is 53.3 Å². The molecule has 1 fully saturated rings. The molecule has 3 aromatic rings. The van der Waals surface area contributed by atoms with E-state index in [9.17, 15) is 22.8 Å². The molecule has 1 aliphatic heterocycles. The summed E-state index contributed by atoms with van der Waals surface area (Å²) in [6.45, 7) is 2.52. The molecule has 11 heteroatoms. The number of methoxy groups -OCH3 is 1. The van der Waals surface area contributed by atoms with Crippen molar-refractivity contribution in [3.05, 3.63) is 63.5 Å². The summed E-state index contributed by atoms with van der Waals surface area (Å²) in [7, 11) is 4.84. The van der Waals surface area contributed by atoms with Gasteiger partial charge in [-0.15, -0.1) is 0 Å². The van der Waals surface area contributed by atoms with Crippen molar-refractivity contribution in [3.8, 4) is 0 Å². The van der Waals surface area contributed by atoms with E-state index in [-0.39, 0.29) is 23.6 Å². The van der Waals surface area contributed by atoms with Gasteiger partial charge in [0.25, 0.3) is 12.0 Å². The van der Waals surface area contributed by atoms with Gasteiger partial charge in [0.15, 0.2) is 0 Å². The molecule has 37 heavy (non-hydrogen) atoms. The van der Waals surface area contributed by atoms with Gasteiger partial charge in [-0.1, -0.05) is 18.2 Å². The second-order valence-corrected chi connectivity index (χ2v) is 9.39. The van der Waals surface area contributed by atoms with Crippen LogP contribution in [0.2, 0.25) is 0 Å². The number of carbonyl (C=O) groups excluding carboxylic acids is 1. The molecular weight excluding hydrogens is 487 g/mol. The number of halogens is 3. The van der Waals surface area contributed by atoms with Gasteiger partial charge in [0.05, 0.1) is 22.1 Å². The Morgan fingerprint density at radius 1 is 1.24 bits per heavy atom. The Labute approximate surface area is 212 Å². The number of aromatic nitrogens is 3. The number of fused-ring (bicyclic) bond motifs is 1. The minimum Gasteiger partial charge on any atom is -0.373 e. The lowest BCUT2D eigenvalue weighted by atomic mass is 9.86. The Bertz CT molecular complexity index is 1380. The van der Waals surface area contributed by atoms with E-state index in [2.05, 4.69) is 9.97 Å². The van der Waals surface area contributed by atoms with Crippen molar-refractivity contribution in [1.29, 1.82) is 0 Å². The minimum atomic E-state index is -2.93. The molecule has 1 amide bonds. The number of carbonyl (C=O) groups is 1. The molecule has 1 unspecified atom stereocenters. The molecule has 1 atom stereocenters. The van der Waals surface area contributed by atoms with E-state index in [1.165, 1.54) is 30.0 Å². The largest absolute Gasteiger partial charge is 0.373 e. The number of aryl methyl sites for hydroxylation is 1. The van der Waals surface area contributed by atoms with Crippen molar-refractivity contribution in [2.75, 3.05) is 32.1 Å². The number of alkyl halides is 2. The van der Waals surface area contributed by atoms with E-state index in [0.717, 1.165) is 6.07 Å². The fourth-order valence-electron chi connectivity index (χ4n) is 5.11. The van der Waals surface area contributed by atoms with Crippen LogP contribution in [0, 0.1) is 5.82 Å². The lowest BCUT2D eigenvalue weighted by Crippen LogP contribution is -2.38. The normalized spacial score (nSPS) is 18.3. The molecule has 0 spiro atoms. The molecule has 0 N–H and O–H groups in total. The Morgan fingerprint density at radius 3 is 2.68 bits per heavy atom. The van der Waals surface area contributed by atoms with Crippen molar-refractivity contribution in [2.45, 2.75) is 44.8 Å². The van der Waals surface area contributed by atoms with Crippen LogP contribution in [0.25, 0.3) is 11.0 Å². The van der Waals surface area contributed by atoms with E-state index < -0.39 is 23.4 Å². The molecule has 4 rings (SSSR count). The molecule has 8 nitrogen and oxygen atoms in total. The van der Waals surface area contributed by atoms with E-state index in [0.29, 0.717) is 54.8 Å². The van der Waals surface area contributed by atoms with Gasteiger partial charge in [-0.2, -0.15) is 0 Å². The highest BCUT2D eigenvalue weighted by Crippen LogP contribution is 2.37. The lowest BCUT2D eigenvalue weighted by molar-refractivity contribution is -0.129. The molecular formula is C26H30F3N5O3. The Hall–Kier alpha value is -3.47. The predicted molar refractivity (Wildman–Crippen MR) is 133 cm³/mol. The summed E-state index contributed by atoms with van der Waals surface area (Å²) < 4.78 is 48.6. The third-order valence-corrected chi connectivity index (χ3v) is 7.22. The van der Waals surface area contributed by atoms with Gasteiger partial charge in [-0.25, -0.2) is 23.1 Å². The van der Waals surface area contributed by atoms with Gasteiger partial charge in [-0.3, -0.25) is 14.2 Å². The van der Waals surface area contributed by atoms with Crippen molar-refractivity contribution in [3.63, 3.8) is 0 Å². The molecule has 198 valence electrons. The summed E-state index contributed by atoms with van der Waals surface area (Å²) in [6.07, 6.45) is 0.0203. The van der Waals surface area contributed by atoms with E-state index in [4.69, 9.17) is 4.74 Å². The molecule has 0 saturated carbocycles. The maximum atomic E-state index is 14.7. The zero-order chi connectivity index (χ0) is 26.9. The zero-order valence-electron chi connectivity index (χ0n) is 21.3. The Morgan fingerprint density at radius 2 is 2.00 bits per heavy atom. The van der Waals surface area contributed by atoms with E-state index in [1.807, 2.05) is 0 Å². The van der Waals surface area contributed by atoms with Gasteiger partial charge in [-0.05, 0) is 25.3 Å². The number of anilines is 1. The molecule has 3 heterocycles. The molecule has 2 aromatic heterocycles. The third kappa shape index (κ3) is 4.92. The van der Waals surface area contributed by atoms with Crippen molar-refractivity contribution in [2.24, 2.45) is 7.05 Å². The first kappa shape index (κ1) is 26.6. The molecule has 1 aromatic carbocycles. The number of amides is 1. The summed E-state index contributed by atoms with van der Waals surface area (Å²) >= 11 is 0. The predicted octanol–water partition coefficient (Wildman–Crippen LogP) is 3.92. The summed E-state index contributed by atoms with van der Waals surface area (Å²) in [5.41, 5.74) is -0.954. The van der Waals surface area contributed by atoms with Crippen LogP contribution in [-0.4, -0.2) is 52.6 Å². The first-order valence-corrected chi connectivity index (χ1v) is 12.0. The van der Waals surface area contributed by atoms with Crippen molar-refractivity contribution in [1.82, 2.24) is 19.4 Å². The van der Waals surface area contributed by atoms with Crippen molar-refractivity contribution < 1.29 is 22.7 Å². The summed E-state index contributed by atoms with van der Waals surface area (Å²) in [5.74, 6) is -0.574. The average molecular weight is 518 g/mol. The first-order valence-electron chi connectivity index (χ1n) is 12.0. The lowest BCUT2D eigenvalue weighted by Gasteiger charge is -2.32. The molecule has 0 bridgehead atoms. The van der Waals surface area contributed by atoms with Crippen molar-refractivity contribution >= 4 is 22.8 Å². The number of hydrogen-bond donors (Lipinski definition) is 0. The van der Waals surface area contributed by atoms with Crippen LogP contribution in [0.1, 0.15) is 49.3 Å². The average Bonchev–Trinajstić information content (AvgIpc) is 3.10. The smallest absolute Gasteiger partial charge is 0.266 e. The summed E-state index contributed by atoms with van der Waals surface area (Å²) in [5, 5.41) is 0.539. The number of pyridine rings is 1. The highest BCUT2D eigenvalue weighted by Gasteiger charge is 2.38. The zero-order valence-corrected chi connectivity index (χ0v) is 21.3. The van der Waals surface area contributed by atoms with E-state index in [1.54, 1.807) is 37.1 Å². The number of likely N-dealkylation sites (tertiary alicyclic amines) is 1. The van der Waals surface area contributed by atoms with Crippen LogP contribution < -0.4 is 10.5 Å². The van der Waals surface area contributed by atoms with Crippen LogP contribution in [-0.2, 0) is 28.7 Å². The fraction of sp³-hybridized carbons (Fsp3) is 0.462. The standard InChI is InChI=1S/C26H30F3N5O3/c1-16(35)34-11-6-9-26(37-4,10-12-34)20-13-19-23(30-15-31-24(19)33(3)25(20)36)32(2)14-17-7-5-8-18(21(17)27)22(28)29/h5,7-8,13,15,22H,6,9-12,14H2,1-4H3. The maximum absolute atomic E-state index is 14.7. The van der Waals surface area contributed by atoms with Gasteiger partial charge < -0.3 is 14.5 Å². The van der Waals surface area contributed by atoms with Crippen LogP contribution in [0.15, 0.2) is 35.4 Å². The van der Waals surface area contributed by atoms with Crippen LogP contribution >= 0.6 is 0 Å². The van der Waals surface area contributed by atoms with Crippen LogP contribution in [0.5, 0.6) is 0 Å². The Kier molecular flexibility index (Phi) is 7.54. The highest BCUT2D eigenvalue weighted by molar-refractivity contribution is 5.87. The van der Waals surface area contributed by atoms with Crippen LogP contribution in [0.3, 0.4) is 0 Å². The number of ether oxygens (including phenoxy) is 1. The second kappa shape index (κ2) is 10.5. The topological polar surface area (TPSA) is 80.6 Å². The number of rotatable bonds is 6. The van der Waals surface area contributed by atoms with Gasteiger partial charge >= 0.3 is 0 Å². The van der Waals surface area contributed by atoms with Gasteiger partial charge in [0.1, 0.15) is 23.6 Å². The van der Waals surface area contributed by atoms with Gasteiger partial charge in [0.2, 0.25) is 5.91 Å². The summed E-state index contributed by atoms with van der Waals surface area (Å²) in [4.78, 5) is 37.5. The highest BCUT2D eigenvalue weighted by atomic mass is 19.3. The molecule has 0 radical (unpaired) electrons. The fourth-order valence-corrected chi connectivity index (χ4v) is 5.11. The minimum absolute atomic E-state index is 0.0281. The van der Waals surface area contributed by atoms with E-state index >= 15 is 0 Å². The third-order valence-electron chi connectivity index (χ3n) is 7.22.